The quantitative estimate of drug-likeness (QED) is 0.196. The standard InChI is InChI=1S/C43H70O12/c1-21(2)18-23-19-24(37(50-9)53-23)25-12-16-43(8)27-10-11-29-40(4,5)30(14-15-41(29,6)26(27)13-17-42(25,43)7)55-39-36(49)34(47)32(45)28(54-39)20-51-38-35(48)33(46)31(44)22(3)52-38/h10,18,22-26,28-39,44-49H,11-17,19-20H2,1-9H3/t22-,23+,24-,25-,26+,28+,29-,30-,31-,32+,33+,34-,35+,36+,37-,38+,39-,41+,42-,43+/m0/s1. The van der Waals surface area contributed by atoms with Crippen LogP contribution in [0.25, 0.3) is 0 Å². The molecule has 55 heavy (non-hydrogen) atoms. The molecule has 3 saturated heterocycles. The topological polar surface area (TPSA) is 177 Å². The molecule has 7 aliphatic rings. The average Bonchev–Trinajstić information content (AvgIpc) is 3.65. The fraction of sp³-hybridized carbons (Fsp3) is 0.907. The number of fused-ring (bicyclic) bond motifs is 5. The second kappa shape index (κ2) is 15.2. The molecule has 0 aromatic carbocycles. The normalized spacial score (nSPS) is 53.5. The number of aliphatic hydroxyl groups excluding tert-OH is 6. The van der Waals surface area contributed by atoms with Crippen LogP contribution in [0.3, 0.4) is 0 Å². The summed E-state index contributed by atoms with van der Waals surface area (Å²) < 4.78 is 36.4. The summed E-state index contributed by atoms with van der Waals surface area (Å²) in [4.78, 5) is 0. The average molecular weight is 779 g/mol. The SMILES string of the molecule is CO[C@H]1O[C@H](C=C(C)C)C[C@H]1[C@@H]1CC[C@]2(C)C3=CC[C@H]4C(C)(C)[C@@H](O[C@@H]5O[C@H](CO[C@@H]6O[C@@H](C)[C@H](O)[C@@H](O)[C@H]6O)[C@@H](O)[C@H](O)[C@H]5O)CC[C@]4(C)[C@@H]3CC[C@@]12C. The first-order chi connectivity index (χ1) is 25.8. The van der Waals surface area contributed by atoms with E-state index < -0.39 is 61.4 Å². The van der Waals surface area contributed by atoms with Crippen LogP contribution in [0.2, 0.25) is 0 Å². The van der Waals surface area contributed by atoms with Crippen LogP contribution in [0.4, 0.5) is 0 Å². The lowest BCUT2D eigenvalue weighted by atomic mass is 9.41. The molecule has 6 fully saturated rings. The maximum atomic E-state index is 11.1. The van der Waals surface area contributed by atoms with Crippen molar-refractivity contribution in [2.45, 2.75) is 187 Å². The summed E-state index contributed by atoms with van der Waals surface area (Å²) in [6, 6.07) is 0. The Labute approximate surface area is 327 Å². The summed E-state index contributed by atoms with van der Waals surface area (Å²) in [7, 11) is 1.79. The first kappa shape index (κ1) is 42.1. The Kier molecular flexibility index (Phi) is 11.7. The predicted molar refractivity (Wildman–Crippen MR) is 202 cm³/mol. The summed E-state index contributed by atoms with van der Waals surface area (Å²) in [6.07, 6.45) is -0.450. The molecule has 0 radical (unpaired) electrons. The van der Waals surface area contributed by atoms with Gasteiger partial charge < -0.3 is 59.1 Å². The van der Waals surface area contributed by atoms with Crippen molar-refractivity contribution in [2.75, 3.05) is 13.7 Å². The van der Waals surface area contributed by atoms with Crippen molar-refractivity contribution in [3.8, 4) is 0 Å². The Balaban J connectivity index is 1.05. The first-order valence-corrected chi connectivity index (χ1v) is 21.0. The molecule has 7 rings (SSSR count). The fourth-order valence-electron chi connectivity index (χ4n) is 13.1. The Hall–Kier alpha value is -1.00. The molecule has 0 aromatic heterocycles. The van der Waals surface area contributed by atoms with Gasteiger partial charge in [0.15, 0.2) is 18.9 Å². The first-order valence-electron chi connectivity index (χ1n) is 21.0. The van der Waals surface area contributed by atoms with Crippen LogP contribution in [-0.4, -0.2) is 124 Å². The molecule has 0 spiro atoms. The molecule has 3 aliphatic heterocycles. The van der Waals surface area contributed by atoms with Crippen molar-refractivity contribution in [3.05, 3.63) is 23.3 Å². The van der Waals surface area contributed by atoms with Gasteiger partial charge in [-0.2, -0.15) is 0 Å². The molecule has 0 amide bonds. The van der Waals surface area contributed by atoms with Crippen molar-refractivity contribution in [2.24, 2.45) is 45.3 Å². The van der Waals surface area contributed by atoms with E-state index in [1.807, 2.05) is 0 Å². The van der Waals surface area contributed by atoms with Gasteiger partial charge in [-0.15, -0.1) is 0 Å². The Morgan fingerprint density at radius 2 is 1.49 bits per heavy atom. The van der Waals surface area contributed by atoms with E-state index in [-0.39, 0.29) is 46.8 Å². The van der Waals surface area contributed by atoms with Gasteiger partial charge in [-0.25, -0.2) is 0 Å². The van der Waals surface area contributed by atoms with Gasteiger partial charge in [0.1, 0.15) is 42.7 Å². The van der Waals surface area contributed by atoms with E-state index in [0.717, 1.165) is 32.1 Å². The third-order valence-corrected chi connectivity index (χ3v) is 16.5. The van der Waals surface area contributed by atoms with Gasteiger partial charge >= 0.3 is 0 Å². The smallest absolute Gasteiger partial charge is 0.186 e. The number of aliphatic hydroxyl groups is 6. The minimum absolute atomic E-state index is 0.0597. The lowest BCUT2D eigenvalue weighted by Crippen LogP contribution is -2.63. The lowest BCUT2D eigenvalue weighted by Gasteiger charge is -2.65. The molecule has 12 nitrogen and oxygen atoms in total. The van der Waals surface area contributed by atoms with E-state index in [1.165, 1.54) is 24.8 Å². The largest absolute Gasteiger partial charge is 0.388 e. The lowest BCUT2D eigenvalue weighted by molar-refractivity contribution is -0.342. The molecule has 0 unspecified atom stereocenters. The van der Waals surface area contributed by atoms with Crippen molar-refractivity contribution < 1.29 is 59.1 Å². The molecule has 12 heteroatoms. The number of hydrogen-bond donors (Lipinski definition) is 6. The molecule has 3 heterocycles. The van der Waals surface area contributed by atoms with Gasteiger partial charge in [0.25, 0.3) is 0 Å². The summed E-state index contributed by atoms with van der Waals surface area (Å²) >= 11 is 0. The third-order valence-electron chi connectivity index (χ3n) is 16.5. The highest BCUT2D eigenvalue weighted by atomic mass is 16.7. The van der Waals surface area contributed by atoms with Gasteiger partial charge in [-0.3, -0.25) is 0 Å². The maximum absolute atomic E-state index is 11.1. The number of hydrogen-bond acceptors (Lipinski definition) is 12. The number of rotatable bonds is 8. The molecule has 314 valence electrons. The highest BCUT2D eigenvalue weighted by Crippen LogP contribution is 2.74. The minimum atomic E-state index is -1.56. The molecule has 4 aliphatic carbocycles. The van der Waals surface area contributed by atoms with Gasteiger partial charge in [0.05, 0.1) is 24.9 Å². The second-order valence-electron chi connectivity index (χ2n) is 19.9. The van der Waals surface area contributed by atoms with Crippen molar-refractivity contribution >= 4 is 0 Å². The highest BCUT2D eigenvalue weighted by Gasteiger charge is 2.67. The zero-order chi connectivity index (χ0) is 40.0. The Morgan fingerprint density at radius 1 is 0.800 bits per heavy atom. The van der Waals surface area contributed by atoms with Gasteiger partial charge in [0.2, 0.25) is 0 Å². The van der Waals surface area contributed by atoms with E-state index in [2.05, 4.69) is 60.6 Å². The highest BCUT2D eigenvalue weighted by molar-refractivity contribution is 5.33. The van der Waals surface area contributed by atoms with E-state index in [4.69, 9.17) is 28.4 Å². The van der Waals surface area contributed by atoms with Crippen LogP contribution in [-0.2, 0) is 28.4 Å². The minimum Gasteiger partial charge on any atom is -0.388 e. The van der Waals surface area contributed by atoms with Gasteiger partial charge in [-0.1, -0.05) is 57.9 Å². The zero-order valence-electron chi connectivity index (χ0n) is 34.5. The van der Waals surface area contributed by atoms with Crippen molar-refractivity contribution in [3.63, 3.8) is 0 Å². The number of ether oxygens (including phenoxy) is 6. The maximum Gasteiger partial charge on any atom is 0.186 e. The van der Waals surface area contributed by atoms with Gasteiger partial charge in [0, 0.05) is 13.0 Å². The molecule has 3 saturated carbocycles. The van der Waals surface area contributed by atoms with Crippen LogP contribution < -0.4 is 0 Å². The van der Waals surface area contributed by atoms with Gasteiger partial charge in [-0.05, 0) is 112 Å². The van der Waals surface area contributed by atoms with Crippen LogP contribution in [0.5, 0.6) is 0 Å². The summed E-state index contributed by atoms with van der Waals surface area (Å²) in [5, 5.41) is 63.5. The van der Waals surface area contributed by atoms with E-state index in [0.29, 0.717) is 23.7 Å². The summed E-state index contributed by atoms with van der Waals surface area (Å²) in [5.74, 6) is 1.68. The van der Waals surface area contributed by atoms with Crippen LogP contribution in [0.1, 0.15) is 107 Å². The third kappa shape index (κ3) is 6.84. The Bertz CT molecular complexity index is 1450. The summed E-state index contributed by atoms with van der Waals surface area (Å²) in [5.41, 5.74) is 2.94. The number of methoxy groups -OCH3 is 1. The molecule has 6 N–H and O–H groups in total. The molecule has 0 bridgehead atoms. The zero-order valence-corrected chi connectivity index (χ0v) is 34.5. The van der Waals surface area contributed by atoms with E-state index in [9.17, 15) is 30.6 Å². The Morgan fingerprint density at radius 3 is 2.18 bits per heavy atom. The second-order valence-corrected chi connectivity index (χ2v) is 19.9. The monoisotopic (exact) mass is 778 g/mol. The summed E-state index contributed by atoms with van der Waals surface area (Å²) in [6.45, 7) is 17.6. The van der Waals surface area contributed by atoms with E-state index >= 15 is 0 Å². The van der Waals surface area contributed by atoms with Crippen LogP contribution >= 0.6 is 0 Å². The molecule has 20 atom stereocenters. The predicted octanol–water partition coefficient (Wildman–Crippen LogP) is 3.97. The molecule has 0 aromatic rings. The van der Waals surface area contributed by atoms with E-state index in [1.54, 1.807) is 19.6 Å². The molecular formula is C43H70O12. The van der Waals surface area contributed by atoms with Crippen LogP contribution in [0, 0.1) is 45.3 Å². The van der Waals surface area contributed by atoms with Crippen molar-refractivity contribution in [1.82, 2.24) is 0 Å². The van der Waals surface area contributed by atoms with Crippen molar-refractivity contribution in [1.29, 1.82) is 0 Å². The van der Waals surface area contributed by atoms with Crippen LogP contribution in [0.15, 0.2) is 23.3 Å². The fourth-order valence-corrected chi connectivity index (χ4v) is 13.1. The number of allylic oxidation sites excluding steroid dienone is 3. The molecular weight excluding hydrogens is 708 g/mol.